The van der Waals surface area contributed by atoms with Crippen molar-refractivity contribution in [1.29, 1.82) is 0 Å². The summed E-state index contributed by atoms with van der Waals surface area (Å²) >= 11 is 10.1. The van der Waals surface area contributed by atoms with Crippen molar-refractivity contribution in [2.75, 3.05) is 6.54 Å². The van der Waals surface area contributed by atoms with Crippen LogP contribution >= 0.6 is 27.5 Å². The average molecular weight is 434 g/mol. The van der Waals surface area contributed by atoms with E-state index < -0.39 is 0 Å². The Morgan fingerprint density at radius 1 is 1.15 bits per heavy atom. The molecule has 2 nitrogen and oxygen atoms in total. The van der Waals surface area contributed by atoms with Gasteiger partial charge in [0.1, 0.15) is 0 Å². The predicted molar refractivity (Wildman–Crippen MR) is 117 cm³/mol. The van der Waals surface area contributed by atoms with Gasteiger partial charge in [-0.05, 0) is 79.6 Å². The molecular weight excluding hydrogens is 408 g/mol. The minimum Gasteiger partial charge on any atom is -0.354 e. The second-order valence-corrected chi connectivity index (χ2v) is 8.29. The molecule has 0 aliphatic rings. The molecule has 3 rings (SSSR count). The van der Waals surface area contributed by atoms with Crippen molar-refractivity contribution in [2.24, 2.45) is 5.73 Å². The topological polar surface area (TPSA) is 41.8 Å². The van der Waals surface area contributed by atoms with Gasteiger partial charge in [0.15, 0.2) is 0 Å². The minimum absolute atomic E-state index is 0.559. The summed E-state index contributed by atoms with van der Waals surface area (Å²) in [6.07, 6.45) is 4.25. The van der Waals surface area contributed by atoms with Crippen LogP contribution in [0.1, 0.15) is 50.2 Å². The molecule has 4 heteroatoms. The van der Waals surface area contributed by atoms with E-state index in [0.29, 0.717) is 5.92 Å². The van der Waals surface area contributed by atoms with E-state index in [0.717, 1.165) is 53.0 Å². The predicted octanol–water partition coefficient (Wildman–Crippen LogP) is 7.05. The van der Waals surface area contributed by atoms with Crippen LogP contribution in [-0.2, 0) is 6.42 Å². The highest BCUT2D eigenvalue weighted by molar-refractivity contribution is 9.10. The second-order valence-electron chi connectivity index (χ2n) is 6.96. The lowest BCUT2D eigenvalue weighted by Crippen LogP contribution is -1.99. The monoisotopic (exact) mass is 432 g/mol. The Bertz CT molecular complexity index is 901. The van der Waals surface area contributed by atoms with E-state index >= 15 is 0 Å². The third-order valence-corrected chi connectivity index (χ3v) is 6.01. The first-order valence-electron chi connectivity index (χ1n) is 9.35. The molecule has 0 aliphatic heterocycles. The number of nitrogens with one attached hydrogen (secondary N) is 1. The van der Waals surface area contributed by atoms with Crippen LogP contribution in [0.4, 0.5) is 0 Å². The van der Waals surface area contributed by atoms with Crippen molar-refractivity contribution in [1.82, 2.24) is 4.98 Å². The van der Waals surface area contributed by atoms with Gasteiger partial charge in [-0.1, -0.05) is 47.4 Å². The Labute approximate surface area is 169 Å². The van der Waals surface area contributed by atoms with Crippen LogP contribution in [0.3, 0.4) is 0 Å². The van der Waals surface area contributed by atoms with Crippen molar-refractivity contribution in [3.05, 3.63) is 57.0 Å². The molecular formula is C22H26BrClN2. The van der Waals surface area contributed by atoms with Gasteiger partial charge in [-0.3, -0.25) is 0 Å². The molecule has 0 fully saturated rings. The lowest BCUT2D eigenvalue weighted by atomic mass is 9.94. The van der Waals surface area contributed by atoms with Crippen LogP contribution in [0.5, 0.6) is 0 Å². The van der Waals surface area contributed by atoms with E-state index in [4.69, 9.17) is 17.3 Å². The van der Waals surface area contributed by atoms with Crippen molar-refractivity contribution in [2.45, 2.75) is 45.4 Å². The molecule has 0 amide bonds. The highest BCUT2D eigenvalue weighted by Gasteiger charge is 2.17. The number of halogens is 2. The Hall–Kier alpha value is -1.29. The van der Waals surface area contributed by atoms with Crippen LogP contribution < -0.4 is 5.73 Å². The first-order valence-corrected chi connectivity index (χ1v) is 10.5. The van der Waals surface area contributed by atoms with Crippen LogP contribution in [0, 0.1) is 0 Å². The molecule has 0 bridgehead atoms. The van der Waals surface area contributed by atoms with Crippen LogP contribution in [-0.4, -0.2) is 11.5 Å². The molecule has 1 heterocycles. The quantitative estimate of drug-likeness (QED) is 0.385. The first kappa shape index (κ1) is 19.5. The highest BCUT2D eigenvalue weighted by Crippen LogP contribution is 2.37. The maximum absolute atomic E-state index is 6.53. The number of aryl methyl sites for hydroxylation is 1. The molecule has 1 atom stereocenters. The summed E-state index contributed by atoms with van der Waals surface area (Å²) in [7, 11) is 0. The zero-order valence-corrected chi connectivity index (χ0v) is 17.8. The molecule has 138 valence electrons. The summed E-state index contributed by atoms with van der Waals surface area (Å²) in [5.74, 6) is 0.559. The molecule has 26 heavy (non-hydrogen) atoms. The fourth-order valence-electron chi connectivity index (χ4n) is 3.43. The van der Waals surface area contributed by atoms with E-state index in [1.54, 1.807) is 0 Å². The lowest BCUT2D eigenvalue weighted by molar-refractivity contribution is 0.734. The zero-order valence-electron chi connectivity index (χ0n) is 15.4. The smallest absolute Gasteiger partial charge is 0.0512 e. The summed E-state index contributed by atoms with van der Waals surface area (Å²) in [5, 5.41) is 2.08. The van der Waals surface area contributed by atoms with Gasteiger partial charge in [0, 0.05) is 26.0 Å². The molecule has 3 aromatic rings. The van der Waals surface area contributed by atoms with Crippen LogP contribution in [0.2, 0.25) is 5.02 Å². The van der Waals surface area contributed by atoms with Gasteiger partial charge in [-0.2, -0.15) is 0 Å². The molecule has 1 aromatic heterocycles. The SMILES string of the molecule is CCC(C)c1ccc2[nH]c(-c3cc(Br)ccc3Cl)c(CCCCN)c2c1. The fourth-order valence-corrected chi connectivity index (χ4v) is 4.01. The van der Waals surface area contributed by atoms with Crippen LogP contribution in [0.15, 0.2) is 40.9 Å². The number of H-pyrrole nitrogens is 1. The van der Waals surface area contributed by atoms with Crippen molar-refractivity contribution in [3.8, 4) is 11.3 Å². The number of aromatic nitrogens is 1. The number of fused-ring (bicyclic) bond motifs is 1. The molecule has 0 aliphatic carbocycles. The third kappa shape index (κ3) is 4.00. The number of hydrogen-bond donors (Lipinski definition) is 2. The van der Waals surface area contributed by atoms with E-state index in [1.165, 1.54) is 22.0 Å². The van der Waals surface area contributed by atoms with Gasteiger partial charge < -0.3 is 10.7 Å². The molecule has 3 N–H and O–H groups in total. The standard InChI is InChI=1S/C22H26BrClN2/c1-3-14(2)15-7-10-21-18(12-15)17(6-4-5-11-25)22(26-21)19-13-16(23)8-9-20(19)24/h7-10,12-14,26H,3-6,11,25H2,1-2H3. The summed E-state index contributed by atoms with van der Waals surface area (Å²) in [4.78, 5) is 3.62. The first-order chi connectivity index (χ1) is 12.5. The number of aromatic amines is 1. The van der Waals surface area contributed by atoms with Gasteiger partial charge in [0.2, 0.25) is 0 Å². The molecule has 0 saturated carbocycles. The average Bonchev–Trinajstić information content (AvgIpc) is 3.01. The maximum atomic E-state index is 6.53. The Balaban J connectivity index is 2.17. The molecule has 0 saturated heterocycles. The molecule has 0 radical (unpaired) electrons. The Kier molecular flexibility index (Phi) is 6.44. The summed E-state index contributed by atoms with van der Waals surface area (Å²) in [6.45, 7) is 5.25. The fraction of sp³-hybridized carbons (Fsp3) is 0.364. The Morgan fingerprint density at radius 2 is 1.96 bits per heavy atom. The number of nitrogens with two attached hydrogens (primary N) is 1. The third-order valence-electron chi connectivity index (χ3n) is 5.19. The van der Waals surface area contributed by atoms with E-state index in [1.807, 2.05) is 12.1 Å². The van der Waals surface area contributed by atoms with Gasteiger partial charge in [0.05, 0.1) is 5.69 Å². The van der Waals surface area contributed by atoms with Crippen molar-refractivity contribution < 1.29 is 0 Å². The zero-order chi connectivity index (χ0) is 18.7. The summed E-state index contributed by atoms with van der Waals surface area (Å²) in [6, 6.07) is 12.8. The van der Waals surface area contributed by atoms with E-state index in [9.17, 15) is 0 Å². The molecule has 0 spiro atoms. The number of benzene rings is 2. The normalized spacial score (nSPS) is 12.7. The lowest BCUT2D eigenvalue weighted by Gasteiger charge is -2.10. The maximum Gasteiger partial charge on any atom is 0.0512 e. The van der Waals surface area contributed by atoms with Gasteiger partial charge in [0.25, 0.3) is 0 Å². The van der Waals surface area contributed by atoms with E-state index in [2.05, 4.69) is 59.0 Å². The van der Waals surface area contributed by atoms with Crippen LogP contribution in [0.25, 0.3) is 22.2 Å². The summed E-state index contributed by atoms with van der Waals surface area (Å²) in [5.41, 5.74) is 11.8. The molecule has 1 unspecified atom stereocenters. The number of rotatable bonds is 7. The number of hydrogen-bond acceptors (Lipinski definition) is 1. The van der Waals surface area contributed by atoms with Crippen molar-refractivity contribution >= 4 is 38.4 Å². The summed E-state index contributed by atoms with van der Waals surface area (Å²) < 4.78 is 1.03. The van der Waals surface area contributed by atoms with E-state index in [-0.39, 0.29) is 0 Å². The second kappa shape index (κ2) is 8.60. The largest absolute Gasteiger partial charge is 0.354 e. The highest BCUT2D eigenvalue weighted by atomic mass is 79.9. The number of unbranched alkanes of at least 4 members (excludes halogenated alkanes) is 1. The minimum atomic E-state index is 0.559. The van der Waals surface area contributed by atoms with Gasteiger partial charge in [-0.15, -0.1) is 0 Å². The van der Waals surface area contributed by atoms with Gasteiger partial charge in [-0.25, -0.2) is 0 Å². The molecule has 2 aromatic carbocycles. The van der Waals surface area contributed by atoms with Gasteiger partial charge >= 0.3 is 0 Å². The Morgan fingerprint density at radius 3 is 2.69 bits per heavy atom. The van der Waals surface area contributed by atoms with Crippen molar-refractivity contribution in [3.63, 3.8) is 0 Å².